The summed E-state index contributed by atoms with van der Waals surface area (Å²) < 4.78 is 10.9. The van der Waals surface area contributed by atoms with E-state index in [4.69, 9.17) is 9.47 Å². The molecule has 3 rings (SSSR count). The highest BCUT2D eigenvalue weighted by molar-refractivity contribution is 5.89. The molecular formula is C20H20N2O4. The molecule has 1 N–H and O–H groups in total. The summed E-state index contributed by atoms with van der Waals surface area (Å²) in [6.45, 7) is 4.32. The molecule has 2 aromatic carbocycles. The van der Waals surface area contributed by atoms with Crippen LogP contribution in [0.2, 0.25) is 0 Å². The van der Waals surface area contributed by atoms with E-state index in [1.807, 2.05) is 6.92 Å². The van der Waals surface area contributed by atoms with E-state index in [1.54, 1.807) is 55.5 Å². The molecule has 0 bridgehead atoms. The molecule has 0 saturated heterocycles. The highest BCUT2D eigenvalue weighted by atomic mass is 16.5. The monoisotopic (exact) mass is 352 g/mol. The molecule has 134 valence electrons. The second-order valence-corrected chi connectivity index (χ2v) is 5.89. The lowest BCUT2D eigenvalue weighted by molar-refractivity contribution is 0.0320. The lowest BCUT2D eigenvalue weighted by Gasteiger charge is -2.13. The van der Waals surface area contributed by atoms with Crippen LogP contribution in [0.3, 0.4) is 0 Å². The molecular weight excluding hydrogens is 332 g/mol. The van der Waals surface area contributed by atoms with Gasteiger partial charge in [-0.15, -0.1) is 0 Å². The van der Waals surface area contributed by atoms with Gasteiger partial charge in [-0.1, -0.05) is 19.1 Å². The third-order valence-corrected chi connectivity index (χ3v) is 3.86. The number of hydrogen-bond acceptors (Lipinski definition) is 5. The van der Waals surface area contributed by atoms with Crippen LogP contribution in [0.25, 0.3) is 10.9 Å². The molecule has 0 aliphatic heterocycles. The number of ether oxygens (including phenoxy) is 2. The van der Waals surface area contributed by atoms with Crippen LogP contribution in [0, 0.1) is 0 Å². The van der Waals surface area contributed by atoms with Gasteiger partial charge in [0.05, 0.1) is 23.1 Å². The van der Waals surface area contributed by atoms with Crippen molar-refractivity contribution in [2.75, 3.05) is 6.61 Å². The first-order valence-electron chi connectivity index (χ1n) is 8.51. The van der Waals surface area contributed by atoms with E-state index >= 15 is 0 Å². The second kappa shape index (κ2) is 7.82. The van der Waals surface area contributed by atoms with Gasteiger partial charge in [-0.2, -0.15) is 0 Å². The molecule has 1 atom stereocenters. The molecule has 1 aromatic heterocycles. The Labute approximate surface area is 150 Å². The predicted octanol–water partition coefficient (Wildman–Crippen LogP) is 3.63. The summed E-state index contributed by atoms with van der Waals surface area (Å²) in [4.78, 5) is 31.5. The van der Waals surface area contributed by atoms with Crippen LogP contribution in [0.1, 0.15) is 42.6 Å². The van der Waals surface area contributed by atoms with Crippen molar-refractivity contribution in [3.63, 3.8) is 0 Å². The molecule has 0 aliphatic rings. The van der Waals surface area contributed by atoms with Crippen LogP contribution in [-0.4, -0.2) is 22.5 Å². The first kappa shape index (κ1) is 17.7. The Morgan fingerprint density at radius 2 is 1.88 bits per heavy atom. The summed E-state index contributed by atoms with van der Waals surface area (Å²) in [6, 6.07) is 13.8. The topological polar surface area (TPSA) is 81.3 Å². The minimum Gasteiger partial charge on any atom is -0.494 e. The Morgan fingerprint density at radius 1 is 1.15 bits per heavy atom. The van der Waals surface area contributed by atoms with E-state index in [2.05, 4.69) is 9.97 Å². The number of fused-ring (bicyclic) bond motifs is 1. The SMILES string of the molecule is CCCOc1ccc(C(=O)O[C@H](C)c2nc3ccccc3c(=O)[nH]2)cc1. The maximum absolute atomic E-state index is 12.3. The zero-order valence-electron chi connectivity index (χ0n) is 14.7. The van der Waals surface area contributed by atoms with Crippen molar-refractivity contribution in [2.24, 2.45) is 0 Å². The standard InChI is InChI=1S/C20H20N2O4/c1-3-12-25-15-10-8-14(9-11-15)20(24)26-13(2)18-21-17-7-5-4-6-16(17)19(23)22-18/h4-11,13H,3,12H2,1-2H3,(H,21,22,23)/t13-/m1/s1. The molecule has 6 heteroatoms. The Bertz CT molecular complexity index is 963. The largest absolute Gasteiger partial charge is 0.494 e. The second-order valence-electron chi connectivity index (χ2n) is 5.89. The molecule has 0 amide bonds. The number of aromatic nitrogens is 2. The number of esters is 1. The van der Waals surface area contributed by atoms with Gasteiger partial charge in [0, 0.05) is 0 Å². The smallest absolute Gasteiger partial charge is 0.338 e. The molecule has 0 saturated carbocycles. The lowest BCUT2D eigenvalue weighted by Crippen LogP contribution is -2.17. The number of nitrogens with one attached hydrogen (secondary N) is 1. The minimum absolute atomic E-state index is 0.258. The van der Waals surface area contributed by atoms with Crippen LogP contribution in [0.15, 0.2) is 53.3 Å². The highest BCUT2D eigenvalue weighted by Crippen LogP contribution is 2.18. The lowest BCUT2D eigenvalue weighted by atomic mass is 10.2. The molecule has 3 aromatic rings. The molecule has 0 unspecified atom stereocenters. The van der Waals surface area contributed by atoms with Crippen molar-refractivity contribution in [1.29, 1.82) is 0 Å². The maximum atomic E-state index is 12.3. The van der Waals surface area contributed by atoms with Gasteiger partial charge in [0.15, 0.2) is 11.9 Å². The van der Waals surface area contributed by atoms with Crippen molar-refractivity contribution in [3.05, 3.63) is 70.3 Å². The number of carbonyl (C=O) groups excluding carboxylic acids is 1. The van der Waals surface area contributed by atoms with Gasteiger partial charge in [-0.25, -0.2) is 9.78 Å². The van der Waals surface area contributed by atoms with Crippen LogP contribution in [0.4, 0.5) is 0 Å². The normalized spacial score (nSPS) is 11.9. The molecule has 0 fully saturated rings. The van der Waals surface area contributed by atoms with E-state index in [1.165, 1.54) is 0 Å². The fourth-order valence-electron chi connectivity index (χ4n) is 2.49. The van der Waals surface area contributed by atoms with E-state index in [0.717, 1.165) is 6.42 Å². The first-order valence-corrected chi connectivity index (χ1v) is 8.51. The number of carbonyl (C=O) groups is 1. The van der Waals surface area contributed by atoms with Gasteiger partial charge in [0.25, 0.3) is 5.56 Å². The summed E-state index contributed by atoms with van der Waals surface area (Å²) in [5.74, 6) is 0.525. The van der Waals surface area contributed by atoms with Crippen LogP contribution >= 0.6 is 0 Å². The molecule has 6 nitrogen and oxygen atoms in total. The predicted molar refractivity (Wildman–Crippen MR) is 98.4 cm³/mol. The van der Waals surface area contributed by atoms with Crippen LogP contribution in [-0.2, 0) is 4.74 Å². The molecule has 0 radical (unpaired) electrons. The van der Waals surface area contributed by atoms with Crippen molar-refractivity contribution in [2.45, 2.75) is 26.4 Å². The third-order valence-electron chi connectivity index (χ3n) is 3.86. The van der Waals surface area contributed by atoms with Crippen LogP contribution in [0.5, 0.6) is 5.75 Å². The van der Waals surface area contributed by atoms with Crippen LogP contribution < -0.4 is 10.3 Å². The maximum Gasteiger partial charge on any atom is 0.338 e. The summed E-state index contributed by atoms with van der Waals surface area (Å²) >= 11 is 0. The fourth-order valence-corrected chi connectivity index (χ4v) is 2.49. The quantitative estimate of drug-likeness (QED) is 0.685. The summed E-state index contributed by atoms with van der Waals surface area (Å²) in [5.41, 5.74) is 0.710. The fraction of sp³-hybridized carbons (Fsp3) is 0.250. The van der Waals surface area contributed by atoms with E-state index in [9.17, 15) is 9.59 Å². The minimum atomic E-state index is -0.684. The van der Waals surface area contributed by atoms with Crippen molar-refractivity contribution >= 4 is 16.9 Å². The van der Waals surface area contributed by atoms with E-state index in [-0.39, 0.29) is 5.56 Å². The number of aromatic amines is 1. The van der Waals surface area contributed by atoms with Gasteiger partial charge >= 0.3 is 5.97 Å². The highest BCUT2D eigenvalue weighted by Gasteiger charge is 2.17. The molecule has 0 spiro atoms. The average molecular weight is 352 g/mol. The molecule has 0 aliphatic carbocycles. The number of hydrogen-bond donors (Lipinski definition) is 1. The number of rotatable bonds is 6. The van der Waals surface area contributed by atoms with Crippen molar-refractivity contribution < 1.29 is 14.3 Å². The summed E-state index contributed by atoms with van der Waals surface area (Å²) in [7, 11) is 0. The first-order chi connectivity index (χ1) is 12.6. The Morgan fingerprint density at radius 3 is 2.62 bits per heavy atom. The van der Waals surface area contributed by atoms with Gasteiger partial charge in [0.2, 0.25) is 0 Å². The van der Waals surface area contributed by atoms with Gasteiger partial charge < -0.3 is 14.5 Å². The molecule has 1 heterocycles. The van der Waals surface area contributed by atoms with Crippen molar-refractivity contribution in [1.82, 2.24) is 9.97 Å². The Hall–Kier alpha value is -3.15. The van der Waals surface area contributed by atoms with E-state index in [0.29, 0.717) is 34.6 Å². The number of H-pyrrole nitrogens is 1. The Kier molecular flexibility index (Phi) is 5.31. The Balaban J connectivity index is 1.74. The number of para-hydroxylation sites is 1. The summed E-state index contributed by atoms with van der Waals surface area (Å²) in [6.07, 6.45) is 0.231. The summed E-state index contributed by atoms with van der Waals surface area (Å²) in [5, 5.41) is 0.498. The van der Waals surface area contributed by atoms with Gasteiger partial charge in [0.1, 0.15) is 5.75 Å². The zero-order valence-corrected chi connectivity index (χ0v) is 14.7. The zero-order chi connectivity index (χ0) is 18.5. The van der Waals surface area contributed by atoms with Crippen molar-refractivity contribution in [3.8, 4) is 5.75 Å². The number of benzene rings is 2. The third kappa shape index (κ3) is 3.91. The van der Waals surface area contributed by atoms with E-state index < -0.39 is 12.1 Å². The number of nitrogens with zero attached hydrogens (tertiary/aromatic N) is 1. The average Bonchev–Trinajstić information content (AvgIpc) is 2.66. The molecule has 26 heavy (non-hydrogen) atoms. The van der Waals surface area contributed by atoms with Gasteiger partial charge in [-0.3, -0.25) is 4.79 Å². The van der Waals surface area contributed by atoms with Gasteiger partial charge in [-0.05, 0) is 49.7 Å².